The highest BCUT2D eigenvalue weighted by Gasteiger charge is 2.81. The Morgan fingerprint density at radius 3 is 2.41 bits per heavy atom. The summed E-state index contributed by atoms with van der Waals surface area (Å²) in [6.45, 7) is 0. The number of hydrogen-bond donors (Lipinski definition) is 1. The van der Waals surface area contributed by atoms with E-state index in [4.69, 9.17) is 19.6 Å². The largest absolute Gasteiger partial charge is 0.496 e. The fourth-order valence-electron chi connectivity index (χ4n) is 6.01. The quantitative estimate of drug-likeness (QED) is 0.585. The first kappa shape index (κ1) is 22.4. The smallest absolute Gasteiger partial charge is 0.217 e. The van der Waals surface area contributed by atoms with Gasteiger partial charge in [0, 0.05) is 6.42 Å². The van der Waals surface area contributed by atoms with Crippen LogP contribution in [0.1, 0.15) is 42.4 Å². The molecule has 2 bridgehead atoms. The number of ether oxygens (including phenoxy) is 3. The average molecular weight is 517 g/mol. The van der Waals surface area contributed by atoms with Crippen molar-refractivity contribution in [1.82, 2.24) is 0 Å². The normalized spacial score (nSPS) is 32.9. The first-order chi connectivity index (χ1) is 16.4. The van der Waals surface area contributed by atoms with E-state index in [2.05, 4.69) is 34.1 Å². The van der Waals surface area contributed by atoms with Gasteiger partial charge in [-0.1, -0.05) is 36.4 Å². The highest BCUT2D eigenvalue weighted by molar-refractivity contribution is 9.10. The summed E-state index contributed by atoms with van der Waals surface area (Å²) in [6.07, 6.45) is 0.575. The Labute approximate surface area is 206 Å². The second kappa shape index (κ2) is 7.84. The predicted octanol–water partition coefficient (Wildman–Crippen LogP) is 5.36. The minimum atomic E-state index is -1.98. The van der Waals surface area contributed by atoms with Crippen LogP contribution in [0, 0.1) is 56.2 Å². The van der Waals surface area contributed by atoms with Crippen LogP contribution >= 0.6 is 15.9 Å². The summed E-state index contributed by atoms with van der Waals surface area (Å²) < 4.78 is 18.5. The molecule has 5 unspecified atom stereocenters. The van der Waals surface area contributed by atoms with Crippen molar-refractivity contribution >= 4 is 21.8 Å². The van der Waals surface area contributed by atoms with Crippen molar-refractivity contribution in [3.05, 3.63) is 64.1 Å². The number of nitrogens with zero attached hydrogens (tertiary/aromatic N) is 3. The van der Waals surface area contributed by atoms with Gasteiger partial charge >= 0.3 is 0 Å². The van der Waals surface area contributed by atoms with Gasteiger partial charge in [0.25, 0.3) is 0 Å². The Kier molecular flexibility index (Phi) is 5.17. The molecule has 1 saturated carbocycles. The van der Waals surface area contributed by atoms with Crippen LogP contribution in [0.15, 0.2) is 53.0 Å². The standard InChI is InChI=1S/C26H21BrN4O3/c1-32-20-8-7-18(11-19(20)27)22-24(13-28,14-29)25(15-30)21-12-17(16-5-3-2-4-6-16)9-10-26(21,33-22)34-23(25)31/h2-8,11,17,21-22,31H,9-10,12H2,1H3. The number of rotatable bonds is 3. The molecule has 1 aliphatic carbocycles. The Hall–Kier alpha value is -3.38. The number of hydrogen-bond acceptors (Lipinski definition) is 7. The summed E-state index contributed by atoms with van der Waals surface area (Å²) in [7, 11) is 1.54. The molecule has 1 N–H and O–H groups in total. The highest BCUT2D eigenvalue weighted by atomic mass is 79.9. The molecule has 8 heteroatoms. The summed E-state index contributed by atoms with van der Waals surface area (Å²) in [6, 6.07) is 21.6. The molecule has 170 valence electrons. The third kappa shape index (κ3) is 2.72. The van der Waals surface area contributed by atoms with E-state index in [9.17, 15) is 15.8 Å². The summed E-state index contributed by atoms with van der Waals surface area (Å²) in [5, 5.41) is 40.2. The van der Waals surface area contributed by atoms with Crippen molar-refractivity contribution in [2.75, 3.05) is 7.11 Å². The Bertz CT molecular complexity index is 1280. The van der Waals surface area contributed by atoms with E-state index in [1.807, 2.05) is 30.3 Å². The van der Waals surface area contributed by atoms with E-state index in [1.165, 1.54) is 0 Å². The molecule has 5 atom stereocenters. The molecule has 2 aliphatic heterocycles. The van der Waals surface area contributed by atoms with Gasteiger partial charge in [-0.05, 0) is 57.9 Å². The molecule has 0 amide bonds. The molecule has 0 radical (unpaired) electrons. The van der Waals surface area contributed by atoms with Crippen LogP contribution in [-0.2, 0) is 9.47 Å². The first-order valence-corrected chi connectivity index (χ1v) is 11.8. The lowest BCUT2D eigenvalue weighted by Gasteiger charge is -2.52. The molecular formula is C26H21BrN4O3. The zero-order valence-corrected chi connectivity index (χ0v) is 20.0. The number of halogens is 1. The van der Waals surface area contributed by atoms with Gasteiger partial charge in [0.1, 0.15) is 11.9 Å². The Morgan fingerprint density at radius 2 is 1.79 bits per heavy atom. The van der Waals surface area contributed by atoms with Crippen molar-refractivity contribution in [1.29, 1.82) is 21.2 Å². The third-order valence-electron chi connectivity index (χ3n) is 7.66. The molecule has 0 spiro atoms. The molecular weight excluding hydrogens is 496 g/mol. The van der Waals surface area contributed by atoms with Crippen LogP contribution in [0.5, 0.6) is 5.75 Å². The number of methoxy groups -OCH3 is 1. The molecule has 5 rings (SSSR count). The molecule has 0 aromatic heterocycles. The van der Waals surface area contributed by atoms with Crippen molar-refractivity contribution < 1.29 is 14.2 Å². The zero-order valence-electron chi connectivity index (χ0n) is 18.4. The third-order valence-corrected chi connectivity index (χ3v) is 8.28. The zero-order chi connectivity index (χ0) is 24.1. The minimum Gasteiger partial charge on any atom is -0.496 e. The lowest BCUT2D eigenvalue weighted by Crippen LogP contribution is -2.60. The average Bonchev–Trinajstić information content (AvgIpc) is 3.07. The van der Waals surface area contributed by atoms with E-state index >= 15 is 0 Å². The fraction of sp³-hybridized carbons (Fsp3) is 0.385. The maximum Gasteiger partial charge on any atom is 0.217 e. The van der Waals surface area contributed by atoms with Gasteiger partial charge in [0.15, 0.2) is 5.41 Å². The maximum absolute atomic E-state index is 10.6. The van der Waals surface area contributed by atoms with Gasteiger partial charge < -0.3 is 14.2 Å². The topological polar surface area (TPSA) is 123 Å². The molecule has 2 aromatic carbocycles. The van der Waals surface area contributed by atoms with Crippen LogP contribution in [0.4, 0.5) is 0 Å². The fourth-order valence-corrected chi connectivity index (χ4v) is 6.57. The Balaban J connectivity index is 1.67. The summed E-state index contributed by atoms with van der Waals surface area (Å²) in [5.74, 6) is -1.54. The molecule has 34 heavy (non-hydrogen) atoms. The van der Waals surface area contributed by atoms with Crippen molar-refractivity contribution in [3.63, 3.8) is 0 Å². The van der Waals surface area contributed by atoms with Crippen molar-refractivity contribution in [2.24, 2.45) is 16.7 Å². The van der Waals surface area contributed by atoms with Gasteiger partial charge in [-0.2, -0.15) is 15.8 Å². The van der Waals surface area contributed by atoms with Gasteiger partial charge in [-0.15, -0.1) is 0 Å². The molecule has 2 saturated heterocycles. The number of nitrogens with one attached hydrogen (secondary N) is 1. The van der Waals surface area contributed by atoms with E-state index in [0.717, 1.165) is 12.0 Å². The number of nitriles is 3. The van der Waals surface area contributed by atoms with Crippen molar-refractivity contribution in [3.8, 4) is 24.0 Å². The van der Waals surface area contributed by atoms with E-state index in [1.54, 1.807) is 25.3 Å². The van der Waals surface area contributed by atoms with E-state index < -0.39 is 28.6 Å². The molecule has 2 aromatic rings. The second-order valence-electron chi connectivity index (χ2n) is 9.02. The first-order valence-electron chi connectivity index (χ1n) is 11.0. The lowest BCUT2D eigenvalue weighted by atomic mass is 9.50. The van der Waals surface area contributed by atoms with E-state index in [0.29, 0.717) is 28.6 Å². The predicted molar refractivity (Wildman–Crippen MR) is 124 cm³/mol. The minimum absolute atomic E-state index is 0.104. The SMILES string of the molecule is COc1ccc(C2OC34CCC(c5ccccc5)CC3C(C#N)(C(=N)O4)C2(C#N)C#N)cc1Br. The monoisotopic (exact) mass is 516 g/mol. The summed E-state index contributed by atoms with van der Waals surface area (Å²) in [5.41, 5.74) is -2.08. The molecule has 7 nitrogen and oxygen atoms in total. The maximum atomic E-state index is 10.6. The van der Waals surface area contributed by atoms with E-state index in [-0.39, 0.29) is 11.8 Å². The Morgan fingerprint density at radius 1 is 1.06 bits per heavy atom. The van der Waals surface area contributed by atoms with Crippen LogP contribution < -0.4 is 4.74 Å². The van der Waals surface area contributed by atoms with Crippen molar-refractivity contribution in [2.45, 2.75) is 37.1 Å². The van der Waals surface area contributed by atoms with Gasteiger partial charge in [0.2, 0.25) is 17.1 Å². The van der Waals surface area contributed by atoms with Crippen LogP contribution in [-0.4, -0.2) is 18.8 Å². The second-order valence-corrected chi connectivity index (χ2v) is 9.88. The molecule has 2 heterocycles. The summed E-state index contributed by atoms with van der Waals surface area (Å²) in [4.78, 5) is 0. The van der Waals surface area contributed by atoms with Crippen LogP contribution in [0.2, 0.25) is 0 Å². The van der Waals surface area contributed by atoms with Gasteiger partial charge in [0.05, 0.1) is 35.7 Å². The lowest BCUT2D eigenvalue weighted by molar-refractivity contribution is -0.296. The van der Waals surface area contributed by atoms with Crippen LogP contribution in [0.3, 0.4) is 0 Å². The molecule has 3 fully saturated rings. The highest BCUT2D eigenvalue weighted by Crippen LogP contribution is 2.70. The van der Waals surface area contributed by atoms with Gasteiger partial charge in [-0.25, -0.2) is 0 Å². The molecule has 3 aliphatic rings. The van der Waals surface area contributed by atoms with Crippen LogP contribution in [0.25, 0.3) is 0 Å². The number of benzene rings is 2. The summed E-state index contributed by atoms with van der Waals surface area (Å²) >= 11 is 3.46. The van der Waals surface area contributed by atoms with Gasteiger partial charge in [-0.3, -0.25) is 5.41 Å².